The largest absolute Gasteiger partial charge is 0.497 e. The number of para-hydroxylation sites is 2. The molecule has 0 atom stereocenters. The van der Waals surface area contributed by atoms with Gasteiger partial charge in [-0.1, -0.05) is 65.4 Å². The SMILES string of the molecule is COc1ccc(-c2cc(-c3nnc(SCC(=O)Nc4ccc(/C(C)=N\O)cc4)n3-c3ccccc3)c3ccccc3n2)cc1. The highest BCUT2D eigenvalue weighted by atomic mass is 32.2. The van der Waals surface area contributed by atoms with E-state index >= 15 is 0 Å². The van der Waals surface area contributed by atoms with Gasteiger partial charge in [-0.05, 0) is 73.2 Å². The predicted octanol–water partition coefficient (Wildman–Crippen LogP) is 7.09. The molecule has 0 saturated heterocycles. The monoisotopic (exact) mass is 600 g/mol. The van der Waals surface area contributed by atoms with Crippen LogP contribution in [0.25, 0.3) is 39.2 Å². The molecule has 0 spiro atoms. The van der Waals surface area contributed by atoms with Crippen molar-refractivity contribution in [3.05, 3.63) is 115 Å². The predicted molar refractivity (Wildman–Crippen MR) is 174 cm³/mol. The smallest absolute Gasteiger partial charge is 0.234 e. The Bertz CT molecular complexity index is 1960. The summed E-state index contributed by atoms with van der Waals surface area (Å²) < 4.78 is 7.32. The van der Waals surface area contributed by atoms with Gasteiger partial charge in [0.05, 0.1) is 29.8 Å². The fourth-order valence-corrected chi connectivity index (χ4v) is 5.55. The Kier molecular flexibility index (Phi) is 8.33. The van der Waals surface area contributed by atoms with Gasteiger partial charge in [0.15, 0.2) is 11.0 Å². The highest BCUT2D eigenvalue weighted by Gasteiger charge is 2.20. The molecule has 6 rings (SSSR count). The lowest BCUT2D eigenvalue weighted by Gasteiger charge is -2.13. The van der Waals surface area contributed by atoms with Crippen LogP contribution in [0.3, 0.4) is 0 Å². The zero-order valence-electron chi connectivity index (χ0n) is 24.0. The average molecular weight is 601 g/mol. The lowest BCUT2D eigenvalue weighted by Crippen LogP contribution is -2.14. The molecule has 4 aromatic carbocycles. The third-order valence-electron chi connectivity index (χ3n) is 7.06. The first-order chi connectivity index (χ1) is 21.5. The van der Waals surface area contributed by atoms with Crippen LogP contribution in [0.5, 0.6) is 5.75 Å². The van der Waals surface area contributed by atoms with E-state index in [4.69, 9.17) is 14.9 Å². The van der Waals surface area contributed by atoms with Crippen molar-refractivity contribution in [1.82, 2.24) is 19.7 Å². The minimum Gasteiger partial charge on any atom is -0.497 e. The van der Waals surface area contributed by atoms with Crippen molar-refractivity contribution in [1.29, 1.82) is 0 Å². The second-order valence-electron chi connectivity index (χ2n) is 9.88. The van der Waals surface area contributed by atoms with E-state index in [0.717, 1.165) is 44.7 Å². The highest BCUT2D eigenvalue weighted by molar-refractivity contribution is 7.99. The summed E-state index contributed by atoms with van der Waals surface area (Å²) in [4.78, 5) is 17.9. The van der Waals surface area contributed by atoms with Crippen LogP contribution in [0.2, 0.25) is 0 Å². The van der Waals surface area contributed by atoms with E-state index in [1.165, 1.54) is 11.8 Å². The second kappa shape index (κ2) is 12.8. The number of methoxy groups -OCH3 is 1. The standard InChI is InChI=1S/C34H28N6O3S/c1-22(39-42)23-12-16-25(17-13-23)35-32(41)21-44-34-38-37-33(40(34)26-8-4-3-5-9-26)29-20-31(24-14-18-27(43-2)19-15-24)36-30-11-7-6-10-28(29)30/h3-20,42H,21H2,1-2H3,(H,35,41)/b39-22-. The first-order valence-electron chi connectivity index (χ1n) is 13.8. The van der Waals surface area contributed by atoms with Crippen LogP contribution in [0.1, 0.15) is 12.5 Å². The fraction of sp³-hybridized carbons (Fsp3) is 0.0882. The third-order valence-corrected chi connectivity index (χ3v) is 7.99. The summed E-state index contributed by atoms with van der Waals surface area (Å²) in [6, 6.07) is 34.7. The number of rotatable bonds is 9. The Balaban J connectivity index is 1.35. The van der Waals surface area contributed by atoms with Crippen LogP contribution in [0.4, 0.5) is 5.69 Å². The number of hydrogen-bond donors (Lipinski definition) is 2. The lowest BCUT2D eigenvalue weighted by molar-refractivity contribution is -0.113. The summed E-state index contributed by atoms with van der Waals surface area (Å²) >= 11 is 1.30. The minimum atomic E-state index is -0.185. The second-order valence-corrected chi connectivity index (χ2v) is 10.8. The normalized spacial score (nSPS) is 11.5. The zero-order valence-corrected chi connectivity index (χ0v) is 24.8. The molecule has 0 aliphatic carbocycles. The van der Waals surface area contributed by atoms with Gasteiger partial charge in [0.1, 0.15) is 5.75 Å². The van der Waals surface area contributed by atoms with E-state index < -0.39 is 0 Å². The number of pyridine rings is 1. The molecular weight excluding hydrogens is 572 g/mol. The van der Waals surface area contributed by atoms with Gasteiger partial charge in [-0.3, -0.25) is 9.36 Å². The van der Waals surface area contributed by atoms with Gasteiger partial charge in [0.25, 0.3) is 0 Å². The third kappa shape index (κ3) is 6.02. The summed E-state index contributed by atoms with van der Waals surface area (Å²) in [5, 5.41) is 25.8. The van der Waals surface area contributed by atoms with Crippen molar-refractivity contribution in [3.63, 3.8) is 0 Å². The maximum Gasteiger partial charge on any atom is 0.234 e. The zero-order chi connectivity index (χ0) is 30.5. The number of nitrogens with one attached hydrogen (secondary N) is 1. The maximum absolute atomic E-state index is 12.9. The number of carbonyl (C=O) groups excluding carboxylic acids is 1. The molecular formula is C34H28N6O3S. The quantitative estimate of drug-likeness (QED) is 0.0788. The van der Waals surface area contributed by atoms with Crippen molar-refractivity contribution in [2.75, 3.05) is 18.2 Å². The molecule has 0 aliphatic rings. The average Bonchev–Trinajstić information content (AvgIpc) is 3.51. The van der Waals surface area contributed by atoms with Crippen LogP contribution in [0, 0.1) is 0 Å². The molecule has 218 valence electrons. The highest BCUT2D eigenvalue weighted by Crippen LogP contribution is 2.35. The Hall–Kier alpha value is -5.48. The first kappa shape index (κ1) is 28.6. The number of oxime groups is 1. The van der Waals surface area contributed by atoms with Gasteiger partial charge in [-0.15, -0.1) is 10.2 Å². The summed E-state index contributed by atoms with van der Waals surface area (Å²) in [6.07, 6.45) is 0. The number of hydrogen-bond acceptors (Lipinski definition) is 8. The van der Waals surface area contributed by atoms with Crippen molar-refractivity contribution >= 4 is 40.0 Å². The number of ether oxygens (including phenoxy) is 1. The van der Waals surface area contributed by atoms with E-state index in [0.29, 0.717) is 22.4 Å². The lowest BCUT2D eigenvalue weighted by atomic mass is 10.0. The molecule has 0 radical (unpaired) electrons. The van der Waals surface area contributed by atoms with E-state index in [2.05, 4.69) is 20.7 Å². The van der Waals surface area contributed by atoms with Gasteiger partial charge in [0.2, 0.25) is 5.91 Å². The molecule has 0 unspecified atom stereocenters. The fourth-order valence-electron chi connectivity index (χ4n) is 4.80. The molecule has 1 amide bonds. The van der Waals surface area contributed by atoms with Crippen LogP contribution < -0.4 is 10.1 Å². The van der Waals surface area contributed by atoms with Gasteiger partial charge in [0, 0.05) is 27.9 Å². The minimum absolute atomic E-state index is 0.123. The molecule has 10 heteroatoms. The first-order valence-corrected chi connectivity index (χ1v) is 14.8. The van der Waals surface area contributed by atoms with Crippen molar-refractivity contribution < 1.29 is 14.7 Å². The van der Waals surface area contributed by atoms with Gasteiger partial charge >= 0.3 is 0 Å². The van der Waals surface area contributed by atoms with E-state index in [1.54, 1.807) is 38.3 Å². The van der Waals surface area contributed by atoms with Gasteiger partial charge < -0.3 is 15.3 Å². The molecule has 0 aliphatic heterocycles. The van der Waals surface area contributed by atoms with Gasteiger partial charge in [-0.25, -0.2) is 4.98 Å². The number of fused-ring (bicyclic) bond motifs is 1. The molecule has 2 heterocycles. The number of anilines is 1. The van der Waals surface area contributed by atoms with Crippen molar-refractivity contribution in [3.8, 4) is 34.1 Å². The Morgan fingerprint density at radius 2 is 1.66 bits per heavy atom. The van der Waals surface area contributed by atoms with E-state index in [9.17, 15) is 4.79 Å². The summed E-state index contributed by atoms with van der Waals surface area (Å²) in [5.74, 6) is 1.35. The Labute approximate surface area is 258 Å². The summed E-state index contributed by atoms with van der Waals surface area (Å²) in [7, 11) is 1.64. The molecule has 44 heavy (non-hydrogen) atoms. The number of nitrogens with zero attached hydrogens (tertiary/aromatic N) is 5. The summed E-state index contributed by atoms with van der Waals surface area (Å²) in [6.45, 7) is 1.70. The number of aromatic nitrogens is 4. The number of thioether (sulfide) groups is 1. The Morgan fingerprint density at radius 3 is 2.39 bits per heavy atom. The molecule has 6 aromatic rings. The summed E-state index contributed by atoms with van der Waals surface area (Å²) in [5.41, 5.74) is 6.22. The van der Waals surface area contributed by atoms with E-state index in [1.807, 2.05) is 89.5 Å². The topological polar surface area (TPSA) is 115 Å². The molecule has 2 aromatic heterocycles. The number of carbonyl (C=O) groups is 1. The molecule has 0 bridgehead atoms. The van der Waals surface area contributed by atoms with Crippen molar-refractivity contribution in [2.45, 2.75) is 12.1 Å². The van der Waals surface area contributed by atoms with Crippen LogP contribution in [0.15, 0.2) is 120 Å². The Morgan fingerprint density at radius 1 is 0.932 bits per heavy atom. The van der Waals surface area contributed by atoms with Crippen LogP contribution in [-0.2, 0) is 4.79 Å². The molecule has 0 saturated carbocycles. The van der Waals surface area contributed by atoms with E-state index in [-0.39, 0.29) is 11.7 Å². The van der Waals surface area contributed by atoms with Gasteiger partial charge in [-0.2, -0.15) is 0 Å². The maximum atomic E-state index is 12.9. The van der Waals surface area contributed by atoms with Crippen molar-refractivity contribution in [2.24, 2.45) is 5.16 Å². The van der Waals surface area contributed by atoms with Crippen LogP contribution in [-0.4, -0.2) is 49.4 Å². The van der Waals surface area contributed by atoms with Crippen LogP contribution >= 0.6 is 11.8 Å². The number of benzene rings is 4. The molecule has 2 N–H and O–H groups in total. The number of amides is 1. The molecule has 0 fully saturated rings. The molecule has 9 nitrogen and oxygen atoms in total.